The smallest absolute Gasteiger partial charge is 0.305 e. The molecule has 8 heteroatoms. The molecule has 0 aliphatic carbocycles. The predicted molar refractivity (Wildman–Crippen MR) is 74.9 cm³/mol. The number of benzene rings is 1. The van der Waals surface area contributed by atoms with Gasteiger partial charge in [0, 0.05) is 0 Å². The first-order valence-electron chi connectivity index (χ1n) is 5.64. The number of hydrogen-bond donors (Lipinski definition) is 3. The SMILES string of the molecule is O=C(O)CC1SC(=NN=Cc2cccc(O)c2)NC1=O. The maximum absolute atomic E-state index is 11.4. The first kappa shape index (κ1) is 14.1. The topological polar surface area (TPSA) is 111 Å². The van der Waals surface area contributed by atoms with Crippen LogP contribution < -0.4 is 5.32 Å². The van der Waals surface area contributed by atoms with E-state index in [4.69, 9.17) is 5.11 Å². The molecule has 1 saturated heterocycles. The zero-order valence-electron chi connectivity index (χ0n) is 10.2. The van der Waals surface area contributed by atoms with E-state index in [9.17, 15) is 14.7 Å². The van der Waals surface area contributed by atoms with E-state index in [1.807, 2.05) is 0 Å². The van der Waals surface area contributed by atoms with Crippen molar-refractivity contribution in [1.29, 1.82) is 0 Å². The maximum atomic E-state index is 11.4. The lowest BCUT2D eigenvalue weighted by atomic mass is 10.2. The highest BCUT2D eigenvalue weighted by Crippen LogP contribution is 2.22. The van der Waals surface area contributed by atoms with Crippen molar-refractivity contribution in [3.05, 3.63) is 29.8 Å². The van der Waals surface area contributed by atoms with Crippen molar-refractivity contribution in [1.82, 2.24) is 5.32 Å². The van der Waals surface area contributed by atoms with Crippen molar-refractivity contribution < 1.29 is 19.8 Å². The number of hydrogen-bond acceptors (Lipinski definition) is 6. The van der Waals surface area contributed by atoms with Crippen molar-refractivity contribution in [2.24, 2.45) is 10.2 Å². The number of carboxylic acids is 1. The quantitative estimate of drug-likeness (QED) is 0.561. The summed E-state index contributed by atoms with van der Waals surface area (Å²) in [6.07, 6.45) is 1.16. The molecule has 0 bridgehead atoms. The number of aliphatic carboxylic acids is 1. The fourth-order valence-corrected chi connectivity index (χ4v) is 2.41. The second-order valence-electron chi connectivity index (χ2n) is 3.94. The molecule has 1 amide bonds. The van der Waals surface area contributed by atoms with Crippen LogP contribution in [0.5, 0.6) is 5.75 Å². The Morgan fingerprint density at radius 1 is 1.50 bits per heavy atom. The molecule has 0 aromatic heterocycles. The van der Waals surface area contributed by atoms with Gasteiger partial charge >= 0.3 is 5.97 Å². The molecule has 1 aliphatic rings. The van der Waals surface area contributed by atoms with Crippen molar-refractivity contribution in [2.75, 3.05) is 0 Å². The molecule has 1 aliphatic heterocycles. The van der Waals surface area contributed by atoms with Crippen LogP contribution in [0.2, 0.25) is 0 Å². The lowest BCUT2D eigenvalue weighted by Gasteiger charge is -1.97. The van der Waals surface area contributed by atoms with Gasteiger partial charge in [0.25, 0.3) is 0 Å². The van der Waals surface area contributed by atoms with Crippen molar-refractivity contribution in [2.45, 2.75) is 11.7 Å². The number of carbonyl (C=O) groups is 2. The fraction of sp³-hybridized carbons (Fsp3) is 0.167. The van der Waals surface area contributed by atoms with Gasteiger partial charge in [-0.3, -0.25) is 9.59 Å². The van der Waals surface area contributed by atoms with Crippen LogP contribution in [-0.2, 0) is 9.59 Å². The second kappa shape index (κ2) is 6.20. The van der Waals surface area contributed by atoms with Crippen LogP contribution in [0, 0.1) is 0 Å². The zero-order chi connectivity index (χ0) is 14.5. The Kier molecular flexibility index (Phi) is 4.36. The van der Waals surface area contributed by atoms with Gasteiger partial charge in [-0.2, -0.15) is 5.10 Å². The molecule has 1 heterocycles. The van der Waals surface area contributed by atoms with E-state index in [1.165, 1.54) is 18.3 Å². The van der Waals surface area contributed by atoms with E-state index in [-0.39, 0.29) is 23.2 Å². The summed E-state index contributed by atoms with van der Waals surface area (Å²) in [4.78, 5) is 22.0. The third-order valence-electron chi connectivity index (χ3n) is 2.36. The Labute approximate surface area is 118 Å². The number of phenols is 1. The number of rotatable bonds is 4. The largest absolute Gasteiger partial charge is 0.508 e. The van der Waals surface area contributed by atoms with Gasteiger partial charge in [-0.1, -0.05) is 23.9 Å². The number of amides is 1. The van der Waals surface area contributed by atoms with E-state index in [0.717, 1.165) is 11.8 Å². The molecule has 0 spiro atoms. The molecule has 1 aromatic carbocycles. The normalized spacial score (nSPS) is 20.5. The van der Waals surface area contributed by atoms with Crippen LogP contribution in [-0.4, -0.2) is 38.7 Å². The lowest BCUT2D eigenvalue weighted by Crippen LogP contribution is -2.26. The Hall–Kier alpha value is -2.35. The summed E-state index contributed by atoms with van der Waals surface area (Å²) in [5.41, 5.74) is 0.658. The van der Waals surface area contributed by atoms with Gasteiger partial charge in [-0.05, 0) is 17.7 Å². The highest BCUT2D eigenvalue weighted by Gasteiger charge is 2.32. The fourth-order valence-electron chi connectivity index (χ4n) is 1.50. The average molecular weight is 293 g/mol. The van der Waals surface area contributed by atoms with Crippen LogP contribution in [0.4, 0.5) is 0 Å². The number of carboxylic acid groups (broad SMARTS) is 1. The molecule has 1 unspecified atom stereocenters. The number of aromatic hydroxyl groups is 1. The highest BCUT2D eigenvalue weighted by atomic mass is 32.2. The van der Waals surface area contributed by atoms with Gasteiger partial charge < -0.3 is 15.5 Å². The van der Waals surface area contributed by atoms with E-state index in [0.29, 0.717) is 5.56 Å². The number of nitrogens with one attached hydrogen (secondary N) is 1. The van der Waals surface area contributed by atoms with Gasteiger partial charge in [-0.25, -0.2) is 0 Å². The number of phenolic OH excluding ortho intramolecular Hbond substituents is 1. The molecule has 2 rings (SSSR count). The Morgan fingerprint density at radius 3 is 3.00 bits per heavy atom. The first-order valence-corrected chi connectivity index (χ1v) is 6.52. The van der Waals surface area contributed by atoms with E-state index in [1.54, 1.807) is 12.1 Å². The standard InChI is InChI=1S/C12H11N3O4S/c16-8-3-1-2-7(4-8)6-13-15-12-14-11(19)9(20-12)5-10(17)18/h1-4,6,9,16H,5H2,(H,17,18)(H,14,15,19). The summed E-state index contributed by atoms with van der Waals surface area (Å²) in [5, 5.41) is 27.5. The summed E-state index contributed by atoms with van der Waals surface area (Å²) < 4.78 is 0. The first-order chi connectivity index (χ1) is 9.54. The molecular formula is C12H11N3O4S. The molecule has 1 aromatic rings. The highest BCUT2D eigenvalue weighted by molar-refractivity contribution is 8.15. The summed E-state index contributed by atoms with van der Waals surface area (Å²) in [6, 6.07) is 6.44. The molecule has 20 heavy (non-hydrogen) atoms. The predicted octanol–water partition coefficient (Wildman–Crippen LogP) is 0.788. The minimum absolute atomic E-state index is 0.117. The average Bonchev–Trinajstić information content (AvgIpc) is 2.69. The molecule has 1 fully saturated rings. The van der Waals surface area contributed by atoms with Crippen LogP contribution in [0.25, 0.3) is 0 Å². The molecule has 104 valence electrons. The van der Waals surface area contributed by atoms with E-state index >= 15 is 0 Å². The lowest BCUT2D eigenvalue weighted by molar-refractivity contribution is -0.138. The van der Waals surface area contributed by atoms with Gasteiger partial charge in [0.2, 0.25) is 5.91 Å². The number of amidine groups is 1. The second-order valence-corrected chi connectivity index (χ2v) is 5.13. The molecule has 0 saturated carbocycles. The van der Waals surface area contributed by atoms with Crippen LogP contribution in [0.3, 0.4) is 0 Å². The molecule has 1 atom stereocenters. The Balaban J connectivity index is 1.99. The molecule has 3 N–H and O–H groups in total. The van der Waals surface area contributed by atoms with Crippen molar-refractivity contribution in [3.8, 4) is 5.75 Å². The number of nitrogens with zero attached hydrogens (tertiary/aromatic N) is 2. The monoisotopic (exact) mass is 293 g/mol. The minimum Gasteiger partial charge on any atom is -0.508 e. The molecule has 7 nitrogen and oxygen atoms in total. The Morgan fingerprint density at radius 2 is 2.30 bits per heavy atom. The van der Waals surface area contributed by atoms with Crippen LogP contribution >= 0.6 is 11.8 Å². The zero-order valence-corrected chi connectivity index (χ0v) is 11.0. The van der Waals surface area contributed by atoms with Crippen LogP contribution in [0.15, 0.2) is 34.5 Å². The molecular weight excluding hydrogens is 282 g/mol. The van der Waals surface area contributed by atoms with Crippen molar-refractivity contribution in [3.63, 3.8) is 0 Å². The summed E-state index contributed by atoms with van der Waals surface area (Å²) in [5.74, 6) is -1.31. The van der Waals surface area contributed by atoms with Gasteiger partial charge in [0.05, 0.1) is 12.6 Å². The van der Waals surface area contributed by atoms with E-state index in [2.05, 4.69) is 15.5 Å². The van der Waals surface area contributed by atoms with Gasteiger partial charge in [0.1, 0.15) is 11.0 Å². The van der Waals surface area contributed by atoms with Gasteiger partial charge in [-0.15, -0.1) is 5.10 Å². The van der Waals surface area contributed by atoms with Crippen molar-refractivity contribution >= 4 is 35.0 Å². The van der Waals surface area contributed by atoms with Gasteiger partial charge in [0.15, 0.2) is 5.17 Å². The third-order valence-corrected chi connectivity index (χ3v) is 3.43. The third kappa shape index (κ3) is 3.82. The number of thioether (sulfide) groups is 1. The number of carbonyl (C=O) groups excluding carboxylic acids is 1. The van der Waals surface area contributed by atoms with Crippen LogP contribution in [0.1, 0.15) is 12.0 Å². The minimum atomic E-state index is -1.04. The summed E-state index contributed by atoms with van der Waals surface area (Å²) >= 11 is 1.03. The summed E-state index contributed by atoms with van der Waals surface area (Å²) in [7, 11) is 0. The molecule has 0 radical (unpaired) electrons. The Bertz CT molecular complexity index is 600. The summed E-state index contributed by atoms with van der Waals surface area (Å²) in [6.45, 7) is 0. The van der Waals surface area contributed by atoms with E-state index < -0.39 is 11.2 Å². The maximum Gasteiger partial charge on any atom is 0.305 e.